The Morgan fingerprint density at radius 3 is 2.63 bits per heavy atom. The Kier molecular flexibility index (Phi) is 5.90. The lowest BCUT2D eigenvalue weighted by molar-refractivity contribution is -0.118. The van der Waals surface area contributed by atoms with Crippen LogP contribution in [0.15, 0.2) is 35.7 Å². The molecule has 0 bridgehead atoms. The van der Waals surface area contributed by atoms with Gasteiger partial charge >= 0.3 is 0 Å². The summed E-state index contributed by atoms with van der Waals surface area (Å²) in [5.74, 6) is 0.417. The highest BCUT2D eigenvalue weighted by Gasteiger charge is 2.15. The minimum Gasteiger partial charge on any atom is -0.383 e. The zero-order chi connectivity index (χ0) is 19.4. The normalized spacial score (nSPS) is 12.0. The average Bonchev–Trinajstić information content (AvgIpc) is 3.10. The first-order valence-electron chi connectivity index (χ1n) is 8.40. The molecule has 0 aliphatic carbocycles. The Morgan fingerprint density at radius 1 is 1.19 bits per heavy atom. The molecule has 1 atom stereocenters. The Bertz CT molecular complexity index is 937. The number of anilines is 1. The van der Waals surface area contributed by atoms with E-state index >= 15 is 0 Å². The van der Waals surface area contributed by atoms with Crippen LogP contribution in [0.3, 0.4) is 0 Å². The van der Waals surface area contributed by atoms with Crippen LogP contribution in [-0.2, 0) is 9.53 Å². The van der Waals surface area contributed by atoms with Gasteiger partial charge in [0.1, 0.15) is 11.9 Å². The molecule has 0 aliphatic rings. The number of carbonyl (C=O) groups is 1. The molecule has 2 heterocycles. The highest BCUT2D eigenvalue weighted by Crippen LogP contribution is 2.28. The Morgan fingerprint density at radius 2 is 1.93 bits per heavy atom. The molecule has 1 amide bonds. The van der Waals surface area contributed by atoms with Gasteiger partial charge in [0.25, 0.3) is 0 Å². The summed E-state index contributed by atoms with van der Waals surface area (Å²) in [7, 11) is 1.50. The topological polar surface area (TPSA) is 103 Å². The summed E-state index contributed by atoms with van der Waals surface area (Å²) in [6.07, 6.45) is 0. The van der Waals surface area contributed by atoms with Gasteiger partial charge in [0, 0.05) is 29.3 Å². The van der Waals surface area contributed by atoms with Gasteiger partial charge in [-0.25, -0.2) is 15.0 Å². The van der Waals surface area contributed by atoms with Crippen molar-refractivity contribution in [1.82, 2.24) is 15.0 Å². The number of aryl methyl sites for hydroxylation is 2. The van der Waals surface area contributed by atoms with E-state index in [0.29, 0.717) is 5.13 Å². The predicted octanol–water partition coefficient (Wildman–Crippen LogP) is 2.80. The van der Waals surface area contributed by atoms with E-state index < -0.39 is 6.04 Å². The monoisotopic (exact) mass is 383 g/mol. The predicted molar refractivity (Wildman–Crippen MR) is 107 cm³/mol. The molecule has 0 aliphatic heterocycles. The van der Waals surface area contributed by atoms with Crippen molar-refractivity contribution in [1.29, 1.82) is 0 Å². The number of hydrogen-bond donors (Lipinski definition) is 2. The number of thiazole rings is 1. The van der Waals surface area contributed by atoms with Crippen molar-refractivity contribution in [2.75, 3.05) is 19.0 Å². The molecule has 0 saturated carbocycles. The Labute approximate surface area is 161 Å². The van der Waals surface area contributed by atoms with Crippen molar-refractivity contribution in [2.45, 2.75) is 19.9 Å². The first-order valence-corrected chi connectivity index (χ1v) is 9.28. The summed E-state index contributed by atoms with van der Waals surface area (Å²) in [5, 5.41) is 5.12. The number of carbonyl (C=O) groups excluding carboxylic acids is 1. The lowest BCUT2D eigenvalue weighted by atomic mass is 10.1. The molecule has 3 N–H and O–H groups in total. The van der Waals surface area contributed by atoms with E-state index in [1.807, 2.05) is 49.6 Å². The smallest absolute Gasteiger partial charge is 0.245 e. The maximum Gasteiger partial charge on any atom is 0.245 e. The van der Waals surface area contributed by atoms with Gasteiger partial charge in [-0.15, -0.1) is 11.3 Å². The van der Waals surface area contributed by atoms with Crippen molar-refractivity contribution >= 4 is 22.4 Å². The average molecular weight is 383 g/mol. The van der Waals surface area contributed by atoms with Gasteiger partial charge < -0.3 is 15.8 Å². The Balaban J connectivity index is 1.82. The fourth-order valence-electron chi connectivity index (χ4n) is 2.62. The highest BCUT2D eigenvalue weighted by molar-refractivity contribution is 7.14. The molecule has 3 aromatic rings. The van der Waals surface area contributed by atoms with E-state index in [4.69, 9.17) is 10.5 Å². The summed E-state index contributed by atoms with van der Waals surface area (Å²) in [4.78, 5) is 25.3. The van der Waals surface area contributed by atoms with Gasteiger partial charge in [-0.3, -0.25) is 4.79 Å². The molecule has 3 rings (SSSR count). The van der Waals surface area contributed by atoms with E-state index in [0.717, 1.165) is 34.0 Å². The first kappa shape index (κ1) is 19.1. The lowest BCUT2D eigenvalue weighted by Gasteiger charge is -2.08. The van der Waals surface area contributed by atoms with Gasteiger partial charge in [0.2, 0.25) is 5.91 Å². The van der Waals surface area contributed by atoms with Gasteiger partial charge in [0.15, 0.2) is 5.13 Å². The number of aromatic nitrogens is 3. The molecule has 140 valence electrons. The van der Waals surface area contributed by atoms with Crippen LogP contribution in [0, 0.1) is 13.8 Å². The van der Waals surface area contributed by atoms with Gasteiger partial charge in [-0.05, 0) is 26.0 Å². The summed E-state index contributed by atoms with van der Waals surface area (Å²) in [6, 6.07) is 9.19. The van der Waals surface area contributed by atoms with Gasteiger partial charge in [0.05, 0.1) is 18.0 Å². The first-order chi connectivity index (χ1) is 13.0. The maximum absolute atomic E-state index is 12.0. The largest absolute Gasteiger partial charge is 0.383 e. The van der Waals surface area contributed by atoms with Crippen LogP contribution in [0.1, 0.15) is 11.5 Å². The molecule has 8 heteroatoms. The molecule has 27 heavy (non-hydrogen) atoms. The number of ether oxygens (including phenoxy) is 1. The maximum atomic E-state index is 12.0. The number of nitrogens with two attached hydrogens (primary N) is 1. The van der Waals surface area contributed by atoms with Crippen LogP contribution in [0.25, 0.3) is 22.5 Å². The SMILES string of the molecule is COCC(N)C(=O)Nc1nc(-c2cccc(-c3cc(C)nc(C)n3)c2)cs1. The Hall–Kier alpha value is -2.68. The molecule has 0 spiro atoms. The van der Waals surface area contributed by atoms with Crippen LogP contribution in [0.2, 0.25) is 0 Å². The number of benzene rings is 1. The van der Waals surface area contributed by atoms with Gasteiger partial charge in [-0.1, -0.05) is 18.2 Å². The zero-order valence-corrected chi connectivity index (χ0v) is 16.2. The molecule has 1 aromatic carbocycles. The molecule has 1 unspecified atom stereocenters. The van der Waals surface area contributed by atoms with E-state index in [1.165, 1.54) is 18.4 Å². The lowest BCUT2D eigenvalue weighted by Crippen LogP contribution is -2.39. The van der Waals surface area contributed by atoms with E-state index in [-0.39, 0.29) is 12.5 Å². The summed E-state index contributed by atoms with van der Waals surface area (Å²) >= 11 is 1.35. The minimum absolute atomic E-state index is 0.157. The third-order valence-electron chi connectivity index (χ3n) is 3.84. The van der Waals surface area contributed by atoms with E-state index in [1.54, 1.807) is 0 Å². The third kappa shape index (κ3) is 4.73. The van der Waals surface area contributed by atoms with Crippen molar-refractivity contribution in [3.05, 3.63) is 47.2 Å². The molecule has 2 aromatic heterocycles. The number of hydrogen-bond acceptors (Lipinski definition) is 7. The van der Waals surface area contributed by atoms with Crippen molar-refractivity contribution < 1.29 is 9.53 Å². The second-order valence-corrected chi connectivity index (χ2v) is 6.97. The number of methoxy groups -OCH3 is 1. The number of nitrogens with one attached hydrogen (secondary N) is 1. The molecule has 7 nitrogen and oxygen atoms in total. The third-order valence-corrected chi connectivity index (χ3v) is 4.60. The number of nitrogens with zero attached hydrogens (tertiary/aromatic N) is 3. The van der Waals surface area contributed by atoms with E-state index in [9.17, 15) is 4.79 Å². The van der Waals surface area contributed by atoms with Crippen LogP contribution in [0.5, 0.6) is 0 Å². The standard InChI is InChI=1S/C19H21N5O2S/c1-11-7-16(22-12(2)21-11)13-5-4-6-14(8-13)17-10-27-19(23-17)24-18(25)15(20)9-26-3/h4-8,10,15H,9,20H2,1-3H3,(H,23,24,25). The molecule has 0 saturated heterocycles. The molecule has 0 radical (unpaired) electrons. The van der Waals surface area contributed by atoms with Crippen LogP contribution in [0.4, 0.5) is 5.13 Å². The summed E-state index contributed by atoms with van der Waals surface area (Å²) < 4.78 is 4.90. The van der Waals surface area contributed by atoms with Crippen molar-refractivity contribution in [3.63, 3.8) is 0 Å². The second-order valence-electron chi connectivity index (χ2n) is 6.11. The van der Waals surface area contributed by atoms with Crippen molar-refractivity contribution in [2.24, 2.45) is 5.73 Å². The summed E-state index contributed by atoms with van der Waals surface area (Å²) in [5.41, 5.74) is 10.2. The van der Waals surface area contributed by atoms with Gasteiger partial charge in [-0.2, -0.15) is 0 Å². The highest BCUT2D eigenvalue weighted by atomic mass is 32.1. The van der Waals surface area contributed by atoms with E-state index in [2.05, 4.69) is 20.3 Å². The van der Waals surface area contributed by atoms with Crippen LogP contribution in [-0.4, -0.2) is 40.6 Å². The quantitative estimate of drug-likeness (QED) is 0.678. The summed E-state index contributed by atoms with van der Waals surface area (Å²) in [6.45, 7) is 3.99. The number of rotatable bonds is 6. The fourth-order valence-corrected chi connectivity index (χ4v) is 3.34. The molecule has 0 fully saturated rings. The molecular formula is C19H21N5O2S. The fraction of sp³-hybridized carbons (Fsp3) is 0.263. The number of amides is 1. The second kappa shape index (κ2) is 8.34. The molecular weight excluding hydrogens is 362 g/mol. The van der Waals surface area contributed by atoms with Crippen LogP contribution < -0.4 is 11.1 Å². The van der Waals surface area contributed by atoms with Crippen molar-refractivity contribution in [3.8, 4) is 22.5 Å². The zero-order valence-electron chi connectivity index (χ0n) is 15.4. The van der Waals surface area contributed by atoms with Crippen LogP contribution >= 0.6 is 11.3 Å². The minimum atomic E-state index is -0.727.